The minimum atomic E-state index is -3.58. The van der Waals surface area contributed by atoms with Crippen LogP contribution < -0.4 is 4.72 Å². The molecule has 0 amide bonds. The minimum absolute atomic E-state index is 0.0777. The van der Waals surface area contributed by atoms with Crippen LogP contribution in [-0.4, -0.2) is 26.0 Å². The highest BCUT2D eigenvalue weighted by atomic mass is 32.2. The first-order valence-corrected chi connectivity index (χ1v) is 8.00. The highest BCUT2D eigenvalue weighted by Crippen LogP contribution is 2.15. The lowest BCUT2D eigenvalue weighted by atomic mass is 9.98. The molecule has 0 saturated heterocycles. The second kappa shape index (κ2) is 6.31. The molecule has 0 bridgehead atoms. The third kappa shape index (κ3) is 4.40. The molecule has 0 aliphatic heterocycles. The van der Waals surface area contributed by atoms with Crippen LogP contribution >= 0.6 is 11.3 Å². The maximum atomic E-state index is 11.8. The molecular weight excluding hydrogens is 274 g/mol. The normalized spacial score (nSPS) is 13.7. The van der Waals surface area contributed by atoms with E-state index < -0.39 is 21.9 Å². The molecule has 0 saturated carbocycles. The molecule has 18 heavy (non-hydrogen) atoms. The Hall–Kier alpha value is -0.920. The van der Waals surface area contributed by atoms with Crippen LogP contribution in [0.1, 0.15) is 20.3 Å². The van der Waals surface area contributed by atoms with E-state index in [1.165, 1.54) is 22.8 Å². The van der Waals surface area contributed by atoms with Gasteiger partial charge >= 0.3 is 5.97 Å². The third-order valence-electron chi connectivity index (χ3n) is 2.43. The molecule has 1 heterocycles. The Kier molecular flexibility index (Phi) is 5.30. The standard InChI is InChI=1S/C11H17NO4S2/c1-8(2)5-9(11(13)14)6-12-18(15,16)10-3-4-17-7-10/h3-4,7-9,12H,5-6H2,1-2H3,(H,13,14). The fourth-order valence-electron chi connectivity index (χ4n) is 1.54. The maximum Gasteiger partial charge on any atom is 0.307 e. The molecule has 1 aromatic rings. The third-order valence-corrected chi connectivity index (χ3v) is 4.68. The van der Waals surface area contributed by atoms with Crippen molar-refractivity contribution in [1.82, 2.24) is 4.72 Å². The van der Waals surface area contributed by atoms with Crippen LogP contribution in [-0.2, 0) is 14.8 Å². The fraction of sp³-hybridized carbons (Fsp3) is 0.545. The number of hydrogen-bond acceptors (Lipinski definition) is 4. The van der Waals surface area contributed by atoms with Crippen LogP contribution in [0.2, 0.25) is 0 Å². The van der Waals surface area contributed by atoms with Crippen LogP contribution in [0.4, 0.5) is 0 Å². The van der Waals surface area contributed by atoms with Crippen molar-refractivity contribution in [2.45, 2.75) is 25.2 Å². The summed E-state index contributed by atoms with van der Waals surface area (Å²) in [5.41, 5.74) is 0. The SMILES string of the molecule is CC(C)CC(CNS(=O)(=O)c1ccsc1)C(=O)O. The lowest BCUT2D eigenvalue weighted by Gasteiger charge is -2.15. The summed E-state index contributed by atoms with van der Waals surface area (Å²) in [6.07, 6.45) is 0.446. The van der Waals surface area contributed by atoms with E-state index in [4.69, 9.17) is 5.11 Å². The average molecular weight is 291 g/mol. The number of sulfonamides is 1. The van der Waals surface area contributed by atoms with Crippen LogP contribution in [0.25, 0.3) is 0 Å². The molecule has 2 N–H and O–H groups in total. The number of carboxylic acid groups (broad SMARTS) is 1. The number of rotatable bonds is 7. The van der Waals surface area contributed by atoms with Crippen molar-refractivity contribution in [3.05, 3.63) is 16.8 Å². The van der Waals surface area contributed by atoms with Gasteiger partial charge in [-0.3, -0.25) is 4.79 Å². The number of nitrogens with one attached hydrogen (secondary N) is 1. The molecule has 7 heteroatoms. The van der Waals surface area contributed by atoms with E-state index in [1.54, 1.807) is 5.38 Å². The molecule has 1 rings (SSSR count). The van der Waals surface area contributed by atoms with Gasteiger partial charge in [0.15, 0.2) is 0 Å². The first-order chi connectivity index (χ1) is 8.33. The van der Waals surface area contributed by atoms with Crippen molar-refractivity contribution in [2.24, 2.45) is 11.8 Å². The Balaban J connectivity index is 2.65. The van der Waals surface area contributed by atoms with Crippen molar-refractivity contribution in [1.29, 1.82) is 0 Å². The molecule has 0 fully saturated rings. The van der Waals surface area contributed by atoms with E-state index in [0.29, 0.717) is 6.42 Å². The van der Waals surface area contributed by atoms with Gasteiger partial charge in [0, 0.05) is 11.9 Å². The first-order valence-electron chi connectivity index (χ1n) is 5.57. The molecule has 0 radical (unpaired) electrons. The monoisotopic (exact) mass is 291 g/mol. The van der Waals surface area contributed by atoms with Crippen LogP contribution in [0.3, 0.4) is 0 Å². The number of carboxylic acids is 1. The second-order valence-electron chi connectivity index (χ2n) is 4.48. The molecule has 0 spiro atoms. The summed E-state index contributed by atoms with van der Waals surface area (Å²) in [4.78, 5) is 11.2. The number of thiophene rings is 1. The molecule has 1 aromatic heterocycles. The lowest BCUT2D eigenvalue weighted by Crippen LogP contribution is -2.33. The molecule has 0 aliphatic rings. The molecule has 1 unspecified atom stereocenters. The zero-order chi connectivity index (χ0) is 13.8. The van der Waals surface area contributed by atoms with Crippen LogP contribution in [0.15, 0.2) is 21.7 Å². The largest absolute Gasteiger partial charge is 0.481 e. The first kappa shape index (κ1) is 15.1. The summed E-state index contributed by atoms with van der Waals surface area (Å²) in [6.45, 7) is 3.73. The van der Waals surface area contributed by atoms with Gasteiger partial charge in [0.1, 0.15) is 0 Å². The highest BCUT2D eigenvalue weighted by molar-refractivity contribution is 7.89. The molecular formula is C11H17NO4S2. The van der Waals surface area contributed by atoms with Gasteiger partial charge in [-0.15, -0.1) is 0 Å². The second-order valence-corrected chi connectivity index (χ2v) is 7.02. The van der Waals surface area contributed by atoms with Crippen LogP contribution in [0.5, 0.6) is 0 Å². The van der Waals surface area contributed by atoms with Crippen molar-refractivity contribution in [3.8, 4) is 0 Å². The Bertz CT molecular complexity index is 479. The van der Waals surface area contributed by atoms with E-state index in [0.717, 1.165) is 0 Å². The van der Waals surface area contributed by atoms with Gasteiger partial charge in [-0.2, -0.15) is 11.3 Å². The Morgan fingerprint density at radius 2 is 2.17 bits per heavy atom. The van der Waals surface area contributed by atoms with Gasteiger partial charge in [-0.1, -0.05) is 13.8 Å². The van der Waals surface area contributed by atoms with Crippen molar-refractivity contribution < 1.29 is 18.3 Å². The summed E-state index contributed by atoms with van der Waals surface area (Å²) < 4.78 is 26.0. The van der Waals surface area contributed by atoms with Crippen molar-refractivity contribution >= 4 is 27.3 Å². The van der Waals surface area contributed by atoms with Gasteiger partial charge in [-0.25, -0.2) is 13.1 Å². The Morgan fingerprint density at radius 3 is 2.61 bits per heavy atom. The smallest absolute Gasteiger partial charge is 0.307 e. The van der Waals surface area contributed by atoms with E-state index >= 15 is 0 Å². The van der Waals surface area contributed by atoms with E-state index in [9.17, 15) is 13.2 Å². The Morgan fingerprint density at radius 1 is 1.50 bits per heavy atom. The quantitative estimate of drug-likeness (QED) is 0.802. The van der Waals surface area contributed by atoms with Crippen molar-refractivity contribution in [2.75, 3.05) is 6.54 Å². The molecule has 102 valence electrons. The number of aliphatic carboxylic acids is 1. The Labute approximate surface area is 111 Å². The topological polar surface area (TPSA) is 83.5 Å². The lowest BCUT2D eigenvalue weighted by molar-refractivity contribution is -0.142. The van der Waals surface area contributed by atoms with E-state index in [1.807, 2.05) is 13.8 Å². The van der Waals surface area contributed by atoms with Gasteiger partial charge in [-0.05, 0) is 23.8 Å². The van der Waals surface area contributed by atoms with Crippen molar-refractivity contribution in [3.63, 3.8) is 0 Å². The molecule has 0 aromatic carbocycles. The summed E-state index contributed by atoms with van der Waals surface area (Å²) in [5.74, 6) is -1.47. The van der Waals surface area contributed by atoms with E-state index in [2.05, 4.69) is 4.72 Å². The predicted molar refractivity (Wildman–Crippen MR) is 70.1 cm³/mol. The summed E-state index contributed by atoms with van der Waals surface area (Å²) in [5, 5.41) is 12.2. The van der Waals surface area contributed by atoms with Crippen LogP contribution in [0, 0.1) is 11.8 Å². The van der Waals surface area contributed by atoms with Gasteiger partial charge in [0.05, 0.1) is 10.8 Å². The molecule has 1 atom stereocenters. The van der Waals surface area contributed by atoms with E-state index in [-0.39, 0.29) is 17.4 Å². The maximum absolute atomic E-state index is 11.8. The molecule has 0 aliphatic carbocycles. The zero-order valence-corrected chi connectivity index (χ0v) is 11.9. The van der Waals surface area contributed by atoms with Gasteiger partial charge in [0.25, 0.3) is 0 Å². The highest BCUT2D eigenvalue weighted by Gasteiger charge is 2.22. The predicted octanol–water partition coefficient (Wildman–Crippen LogP) is 1.77. The summed E-state index contributed by atoms with van der Waals surface area (Å²) in [7, 11) is -3.58. The fourth-order valence-corrected chi connectivity index (χ4v) is 3.65. The average Bonchev–Trinajstić information content (AvgIpc) is 2.77. The minimum Gasteiger partial charge on any atom is -0.481 e. The summed E-state index contributed by atoms with van der Waals surface area (Å²) in [6, 6.07) is 1.49. The number of carbonyl (C=O) groups is 1. The zero-order valence-electron chi connectivity index (χ0n) is 10.3. The number of hydrogen-bond donors (Lipinski definition) is 2. The van der Waals surface area contributed by atoms with Gasteiger partial charge < -0.3 is 5.11 Å². The molecule has 5 nitrogen and oxygen atoms in total. The van der Waals surface area contributed by atoms with Gasteiger partial charge in [0.2, 0.25) is 10.0 Å². The summed E-state index contributed by atoms with van der Waals surface area (Å²) >= 11 is 1.28.